The Morgan fingerprint density at radius 2 is 1.92 bits per heavy atom. The quantitative estimate of drug-likeness (QED) is 0.736. The van der Waals surface area contributed by atoms with Gasteiger partial charge < -0.3 is 10.6 Å². The van der Waals surface area contributed by atoms with Gasteiger partial charge in [0.05, 0.1) is 21.4 Å². The van der Waals surface area contributed by atoms with Gasteiger partial charge in [-0.25, -0.2) is 17.5 Å². The molecule has 0 saturated carbocycles. The van der Waals surface area contributed by atoms with Crippen LogP contribution in [0, 0.1) is 0 Å². The van der Waals surface area contributed by atoms with E-state index in [2.05, 4.69) is 10.6 Å². The minimum absolute atomic E-state index is 0.101. The van der Waals surface area contributed by atoms with Crippen LogP contribution in [0.2, 0.25) is 10.0 Å². The predicted molar refractivity (Wildman–Crippen MR) is 105 cm³/mol. The third-order valence-electron chi connectivity index (χ3n) is 3.64. The molecule has 1 aromatic rings. The number of carbonyl (C=O) groups excluding carboxylic acids is 2. The minimum Gasteiger partial charge on any atom is -0.306 e. The van der Waals surface area contributed by atoms with Gasteiger partial charge in [0, 0.05) is 18.5 Å². The molecule has 1 unspecified atom stereocenters. The normalized spacial score (nSPS) is 17.6. The molecular weight excluding hydrogens is 421 g/mol. The van der Waals surface area contributed by atoms with E-state index in [1.807, 2.05) is 0 Å². The largest absolute Gasteiger partial charge is 0.323 e. The molecular formula is C15H17Cl2N3O4S2. The smallest absolute Gasteiger partial charge is 0.306 e. The third kappa shape index (κ3) is 4.34. The zero-order valence-corrected chi connectivity index (χ0v) is 17.3. The maximum Gasteiger partial charge on any atom is 0.323 e. The molecule has 26 heavy (non-hydrogen) atoms. The SMILES string of the molecule is CC(C)N(C)S(=O)(=O)C1SC=C(NC(=O)Nc2cccc(Cl)c2Cl)C1=O. The zero-order chi connectivity index (χ0) is 19.6. The van der Waals surface area contributed by atoms with Crippen molar-refractivity contribution in [3.63, 3.8) is 0 Å². The molecule has 2 N–H and O–H groups in total. The first-order valence-electron chi connectivity index (χ1n) is 7.44. The summed E-state index contributed by atoms with van der Waals surface area (Å²) in [6, 6.07) is 3.68. The number of rotatable bonds is 5. The highest BCUT2D eigenvalue weighted by Gasteiger charge is 2.42. The van der Waals surface area contributed by atoms with Gasteiger partial charge in [-0.05, 0) is 26.0 Å². The lowest BCUT2D eigenvalue weighted by atomic mass is 10.3. The number of urea groups is 1. The monoisotopic (exact) mass is 437 g/mol. The van der Waals surface area contributed by atoms with Gasteiger partial charge in [-0.2, -0.15) is 0 Å². The van der Waals surface area contributed by atoms with Crippen LogP contribution in [0.3, 0.4) is 0 Å². The second-order valence-electron chi connectivity index (χ2n) is 5.70. The second kappa shape index (κ2) is 8.18. The fourth-order valence-electron chi connectivity index (χ4n) is 1.99. The average Bonchev–Trinajstić information content (AvgIpc) is 2.92. The van der Waals surface area contributed by atoms with Crippen molar-refractivity contribution >= 4 is 62.5 Å². The molecule has 1 aliphatic rings. The Morgan fingerprint density at radius 1 is 1.27 bits per heavy atom. The number of amides is 2. The lowest BCUT2D eigenvalue weighted by Gasteiger charge is -2.23. The van der Waals surface area contributed by atoms with Crippen LogP contribution in [0.25, 0.3) is 0 Å². The van der Waals surface area contributed by atoms with Crippen molar-refractivity contribution in [2.24, 2.45) is 0 Å². The molecule has 0 fully saturated rings. The topological polar surface area (TPSA) is 95.6 Å². The molecule has 1 atom stereocenters. The number of thioether (sulfide) groups is 1. The van der Waals surface area contributed by atoms with Crippen LogP contribution in [0.5, 0.6) is 0 Å². The molecule has 0 bridgehead atoms. The van der Waals surface area contributed by atoms with Crippen LogP contribution in [0.1, 0.15) is 13.8 Å². The van der Waals surface area contributed by atoms with E-state index in [-0.39, 0.29) is 27.5 Å². The summed E-state index contributed by atoms with van der Waals surface area (Å²) in [4.78, 5) is 24.5. The molecule has 0 aliphatic carbocycles. The number of nitrogens with zero attached hydrogens (tertiary/aromatic N) is 1. The Morgan fingerprint density at radius 3 is 2.54 bits per heavy atom. The Balaban J connectivity index is 2.07. The molecule has 142 valence electrons. The van der Waals surface area contributed by atoms with E-state index in [1.165, 1.54) is 18.5 Å². The van der Waals surface area contributed by atoms with Crippen LogP contribution in [-0.4, -0.2) is 42.2 Å². The number of sulfonamides is 1. The zero-order valence-electron chi connectivity index (χ0n) is 14.1. The molecule has 0 saturated heterocycles. The maximum atomic E-state index is 12.5. The minimum atomic E-state index is -3.84. The molecule has 1 aromatic carbocycles. The standard InChI is InChI=1S/C15H17Cl2N3O4S2/c1-8(2)20(3)26(23,24)14-13(21)11(7-25-14)19-15(22)18-10-6-4-5-9(16)12(10)17/h4-8,14H,1-3H3,(H2,18,19,22). The van der Waals surface area contributed by atoms with Crippen LogP contribution in [0.4, 0.5) is 10.5 Å². The predicted octanol–water partition coefficient (Wildman–Crippen LogP) is 3.27. The van der Waals surface area contributed by atoms with E-state index in [0.29, 0.717) is 0 Å². The van der Waals surface area contributed by atoms with Gasteiger partial charge in [-0.15, -0.1) is 11.8 Å². The number of Topliss-reactive ketones (excluding diaryl/α,β-unsaturated/α-hetero) is 1. The van der Waals surface area contributed by atoms with Crippen molar-refractivity contribution in [2.45, 2.75) is 24.5 Å². The second-order valence-corrected chi connectivity index (χ2v) is 9.84. The molecule has 7 nitrogen and oxygen atoms in total. The summed E-state index contributed by atoms with van der Waals surface area (Å²) in [6.07, 6.45) is 0. The lowest BCUT2D eigenvalue weighted by Crippen LogP contribution is -2.42. The van der Waals surface area contributed by atoms with Crippen molar-refractivity contribution in [3.05, 3.63) is 39.3 Å². The van der Waals surface area contributed by atoms with E-state index in [0.717, 1.165) is 16.1 Å². The van der Waals surface area contributed by atoms with Gasteiger partial charge in [-0.1, -0.05) is 29.3 Å². The van der Waals surface area contributed by atoms with E-state index < -0.39 is 26.4 Å². The summed E-state index contributed by atoms with van der Waals surface area (Å²) in [6.45, 7) is 3.41. The van der Waals surface area contributed by atoms with Gasteiger partial charge in [-0.3, -0.25) is 4.79 Å². The van der Waals surface area contributed by atoms with Crippen molar-refractivity contribution in [1.29, 1.82) is 0 Å². The fourth-order valence-corrected chi connectivity index (χ4v) is 5.45. The maximum absolute atomic E-state index is 12.5. The molecule has 11 heteroatoms. The van der Waals surface area contributed by atoms with E-state index in [4.69, 9.17) is 23.2 Å². The van der Waals surface area contributed by atoms with Crippen LogP contribution < -0.4 is 10.6 Å². The number of allylic oxidation sites excluding steroid dienone is 1. The number of benzene rings is 1. The van der Waals surface area contributed by atoms with Crippen LogP contribution >= 0.6 is 35.0 Å². The van der Waals surface area contributed by atoms with Crippen molar-refractivity contribution in [1.82, 2.24) is 9.62 Å². The van der Waals surface area contributed by atoms with E-state index in [1.54, 1.807) is 26.0 Å². The molecule has 1 aliphatic heterocycles. The van der Waals surface area contributed by atoms with Crippen molar-refractivity contribution in [3.8, 4) is 0 Å². The molecule has 1 heterocycles. The van der Waals surface area contributed by atoms with Crippen molar-refractivity contribution < 1.29 is 18.0 Å². The summed E-state index contributed by atoms with van der Waals surface area (Å²) in [5, 5.41) is 6.55. The first-order valence-corrected chi connectivity index (χ1v) is 10.6. The summed E-state index contributed by atoms with van der Waals surface area (Å²) in [5.74, 6) is -0.685. The first kappa shape index (κ1) is 21.0. The van der Waals surface area contributed by atoms with E-state index in [9.17, 15) is 18.0 Å². The molecule has 2 rings (SSSR count). The van der Waals surface area contributed by atoms with Crippen LogP contribution in [-0.2, 0) is 14.8 Å². The van der Waals surface area contributed by atoms with Gasteiger partial charge in [0.1, 0.15) is 0 Å². The van der Waals surface area contributed by atoms with Crippen molar-refractivity contribution in [2.75, 3.05) is 12.4 Å². The third-order valence-corrected chi connectivity index (χ3v) is 8.33. The van der Waals surface area contributed by atoms with Crippen LogP contribution in [0.15, 0.2) is 29.3 Å². The van der Waals surface area contributed by atoms with Gasteiger partial charge in [0.25, 0.3) is 0 Å². The van der Waals surface area contributed by atoms with Gasteiger partial charge in [0.2, 0.25) is 15.8 Å². The number of anilines is 1. The van der Waals surface area contributed by atoms with Gasteiger partial charge in [0.15, 0.2) is 4.58 Å². The highest BCUT2D eigenvalue weighted by molar-refractivity contribution is 8.16. The molecule has 0 spiro atoms. The number of carbonyl (C=O) groups is 2. The summed E-state index contributed by atoms with van der Waals surface area (Å²) in [5.41, 5.74) is 0.162. The summed E-state index contributed by atoms with van der Waals surface area (Å²) in [7, 11) is -2.43. The summed E-state index contributed by atoms with van der Waals surface area (Å²) < 4.78 is 24.8. The summed E-state index contributed by atoms with van der Waals surface area (Å²) >= 11 is 12.7. The Labute approximate surface area is 166 Å². The first-order chi connectivity index (χ1) is 12.1. The number of hydrogen-bond acceptors (Lipinski definition) is 5. The highest BCUT2D eigenvalue weighted by Crippen LogP contribution is 2.32. The number of nitrogens with one attached hydrogen (secondary N) is 2. The van der Waals surface area contributed by atoms with E-state index >= 15 is 0 Å². The van der Waals surface area contributed by atoms with Gasteiger partial charge >= 0.3 is 6.03 Å². The Kier molecular flexibility index (Phi) is 6.62. The lowest BCUT2D eigenvalue weighted by molar-refractivity contribution is -0.114. The Hall–Kier alpha value is -1.26. The number of ketones is 1. The highest BCUT2D eigenvalue weighted by atomic mass is 35.5. The average molecular weight is 438 g/mol. The molecule has 0 radical (unpaired) electrons. The Bertz CT molecular complexity index is 872. The molecule has 2 amide bonds. The molecule has 0 aromatic heterocycles. The number of halogens is 2. The fraction of sp³-hybridized carbons (Fsp3) is 0.333. The number of hydrogen-bond donors (Lipinski definition) is 2.